The number of carbonyl (C=O) groups is 1. The highest BCUT2D eigenvalue weighted by Crippen LogP contribution is 2.30. The van der Waals surface area contributed by atoms with Crippen LogP contribution in [0.1, 0.15) is 10.4 Å². The third kappa shape index (κ3) is 4.17. The molecule has 5 aromatic rings. The van der Waals surface area contributed by atoms with Crippen LogP contribution in [0.25, 0.3) is 22.2 Å². The highest BCUT2D eigenvalue weighted by Gasteiger charge is 2.12. The number of nitrogens with one attached hydrogen (secondary N) is 2. The third-order valence-corrected chi connectivity index (χ3v) is 5.85. The molecule has 0 aliphatic carbocycles. The van der Waals surface area contributed by atoms with Gasteiger partial charge >= 0.3 is 0 Å². The smallest absolute Gasteiger partial charge is 0.255 e. The lowest BCUT2D eigenvalue weighted by atomic mass is 10.1. The Bertz CT molecular complexity index is 1350. The zero-order valence-electron chi connectivity index (χ0n) is 16.3. The Hall–Kier alpha value is -3.97. The lowest BCUT2D eigenvalue weighted by molar-refractivity contribution is 0.102. The molecule has 2 N–H and O–H groups in total. The number of para-hydroxylation sites is 1. The number of benzene rings is 4. The van der Waals surface area contributed by atoms with Gasteiger partial charge in [0.25, 0.3) is 5.91 Å². The Kier molecular flexibility index (Phi) is 5.16. The minimum atomic E-state index is -0.192. The highest BCUT2D eigenvalue weighted by molar-refractivity contribution is 7.99. The van der Waals surface area contributed by atoms with E-state index in [1.54, 1.807) is 11.8 Å². The van der Waals surface area contributed by atoms with Gasteiger partial charge in [-0.15, -0.1) is 5.10 Å². The van der Waals surface area contributed by atoms with Crippen LogP contribution in [0.4, 0.5) is 5.69 Å². The molecule has 1 amide bonds. The summed E-state index contributed by atoms with van der Waals surface area (Å²) in [5.74, 6) is 0.306. The van der Waals surface area contributed by atoms with Crippen molar-refractivity contribution in [2.45, 2.75) is 9.79 Å². The molecule has 150 valence electrons. The van der Waals surface area contributed by atoms with Gasteiger partial charge in [-0.3, -0.25) is 4.79 Å². The van der Waals surface area contributed by atoms with Gasteiger partial charge in [-0.2, -0.15) is 0 Å². The minimum Gasteiger partial charge on any atom is -0.321 e. The number of tetrazole rings is 1. The van der Waals surface area contributed by atoms with E-state index in [4.69, 9.17) is 0 Å². The van der Waals surface area contributed by atoms with E-state index < -0.39 is 0 Å². The molecule has 7 heteroatoms. The molecule has 0 unspecified atom stereocenters. The summed E-state index contributed by atoms with van der Waals surface area (Å²) in [6, 6.07) is 29.7. The summed E-state index contributed by atoms with van der Waals surface area (Å²) in [6.07, 6.45) is 0. The summed E-state index contributed by atoms with van der Waals surface area (Å²) in [6.45, 7) is 0. The average Bonchev–Trinajstić information content (AvgIpc) is 3.35. The van der Waals surface area contributed by atoms with Crippen molar-refractivity contribution in [2.24, 2.45) is 0 Å². The molecule has 1 heterocycles. The van der Waals surface area contributed by atoms with Crippen molar-refractivity contribution in [2.75, 3.05) is 5.32 Å². The fraction of sp³-hybridized carbons (Fsp3) is 0. The predicted molar refractivity (Wildman–Crippen MR) is 122 cm³/mol. The van der Waals surface area contributed by atoms with Crippen LogP contribution in [0.2, 0.25) is 0 Å². The molecule has 0 radical (unpaired) electrons. The van der Waals surface area contributed by atoms with E-state index in [9.17, 15) is 4.79 Å². The number of aromatic amines is 1. The van der Waals surface area contributed by atoms with Gasteiger partial charge in [0, 0.05) is 20.9 Å². The number of anilines is 1. The number of carbonyl (C=O) groups excluding carboxylic acids is 1. The van der Waals surface area contributed by atoms with E-state index in [1.807, 2.05) is 60.7 Å². The topological polar surface area (TPSA) is 83.6 Å². The molecular formula is C24H17N5OS. The molecule has 5 rings (SSSR count). The van der Waals surface area contributed by atoms with Crippen LogP contribution in [0.15, 0.2) is 101 Å². The largest absolute Gasteiger partial charge is 0.321 e. The van der Waals surface area contributed by atoms with Crippen LogP contribution >= 0.6 is 11.8 Å². The third-order valence-electron chi connectivity index (χ3n) is 4.85. The first-order valence-electron chi connectivity index (χ1n) is 9.67. The van der Waals surface area contributed by atoms with E-state index in [2.05, 4.69) is 56.3 Å². The maximum absolute atomic E-state index is 12.8. The van der Waals surface area contributed by atoms with Gasteiger partial charge in [0.15, 0.2) is 5.82 Å². The first-order valence-corrected chi connectivity index (χ1v) is 10.5. The summed E-state index contributed by atoms with van der Waals surface area (Å²) >= 11 is 1.67. The number of H-pyrrole nitrogens is 1. The number of amides is 1. The molecule has 0 saturated heterocycles. The first-order chi connectivity index (χ1) is 15.3. The molecule has 31 heavy (non-hydrogen) atoms. The number of hydrogen-bond acceptors (Lipinski definition) is 5. The lowest BCUT2D eigenvalue weighted by Crippen LogP contribution is -2.12. The van der Waals surface area contributed by atoms with Crippen molar-refractivity contribution in [1.29, 1.82) is 0 Å². The second kappa shape index (κ2) is 8.41. The van der Waals surface area contributed by atoms with E-state index in [1.165, 1.54) is 10.8 Å². The zero-order valence-corrected chi connectivity index (χ0v) is 17.1. The molecule has 0 aliphatic rings. The Morgan fingerprint density at radius 2 is 1.55 bits per heavy atom. The number of aromatic nitrogens is 4. The summed E-state index contributed by atoms with van der Waals surface area (Å²) in [4.78, 5) is 15.0. The predicted octanol–water partition coefficient (Wildman–Crippen LogP) is 5.42. The lowest BCUT2D eigenvalue weighted by Gasteiger charge is -2.09. The number of fused-ring (bicyclic) bond motifs is 1. The molecule has 0 atom stereocenters. The molecule has 6 nitrogen and oxygen atoms in total. The van der Waals surface area contributed by atoms with Crippen LogP contribution in [0, 0.1) is 0 Å². The normalized spacial score (nSPS) is 10.8. The van der Waals surface area contributed by atoms with Gasteiger partial charge in [-0.05, 0) is 69.7 Å². The van der Waals surface area contributed by atoms with Crippen molar-refractivity contribution in [3.05, 3.63) is 96.6 Å². The molecule has 0 bridgehead atoms. The van der Waals surface area contributed by atoms with Crippen molar-refractivity contribution in [3.8, 4) is 11.4 Å². The molecule has 0 aliphatic heterocycles. The van der Waals surface area contributed by atoms with Gasteiger partial charge in [0.05, 0.1) is 5.69 Å². The van der Waals surface area contributed by atoms with Gasteiger partial charge < -0.3 is 5.32 Å². The number of rotatable bonds is 5. The summed E-state index contributed by atoms with van der Waals surface area (Å²) in [5, 5.41) is 19.2. The SMILES string of the molecule is O=C(Nc1ccccc1-c1nnn[nH]1)c1ccc(Sc2ccc3ccccc3c2)cc1. The van der Waals surface area contributed by atoms with Gasteiger partial charge in [0.2, 0.25) is 0 Å². The Morgan fingerprint density at radius 1 is 0.806 bits per heavy atom. The molecule has 0 saturated carbocycles. The van der Waals surface area contributed by atoms with Crippen LogP contribution in [0.5, 0.6) is 0 Å². The number of hydrogen-bond donors (Lipinski definition) is 2. The Morgan fingerprint density at radius 3 is 2.35 bits per heavy atom. The van der Waals surface area contributed by atoms with E-state index in [0.717, 1.165) is 15.4 Å². The van der Waals surface area contributed by atoms with E-state index in [-0.39, 0.29) is 5.91 Å². The van der Waals surface area contributed by atoms with Crippen molar-refractivity contribution >= 4 is 34.1 Å². The van der Waals surface area contributed by atoms with Crippen LogP contribution in [-0.2, 0) is 0 Å². The number of nitrogens with zero attached hydrogens (tertiary/aromatic N) is 3. The molecule has 1 aromatic heterocycles. The standard InChI is InChI=1S/C24H17N5OS/c30-24(25-22-8-4-3-7-21(22)23-26-28-29-27-23)17-10-12-19(13-11-17)31-20-14-9-16-5-1-2-6-18(16)15-20/h1-15H,(H,25,30)(H,26,27,28,29). The van der Waals surface area contributed by atoms with Crippen LogP contribution in [-0.4, -0.2) is 26.5 Å². The van der Waals surface area contributed by atoms with Crippen LogP contribution < -0.4 is 5.32 Å². The maximum atomic E-state index is 12.8. The van der Waals surface area contributed by atoms with Crippen molar-refractivity contribution in [1.82, 2.24) is 20.6 Å². The van der Waals surface area contributed by atoms with Gasteiger partial charge in [-0.25, -0.2) is 5.10 Å². The Labute approximate surface area is 182 Å². The van der Waals surface area contributed by atoms with Gasteiger partial charge in [-0.1, -0.05) is 54.2 Å². The molecule has 0 fully saturated rings. The van der Waals surface area contributed by atoms with E-state index >= 15 is 0 Å². The fourth-order valence-electron chi connectivity index (χ4n) is 3.31. The van der Waals surface area contributed by atoms with E-state index in [0.29, 0.717) is 17.1 Å². The van der Waals surface area contributed by atoms with Gasteiger partial charge in [0.1, 0.15) is 0 Å². The summed E-state index contributed by atoms with van der Waals surface area (Å²) in [7, 11) is 0. The van der Waals surface area contributed by atoms with Crippen molar-refractivity contribution in [3.63, 3.8) is 0 Å². The molecular weight excluding hydrogens is 406 g/mol. The second-order valence-corrected chi connectivity index (χ2v) is 8.03. The first kappa shape index (κ1) is 19.0. The minimum absolute atomic E-state index is 0.192. The quantitative estimate of drug-likeness (QED) is 0.394. The Balaban J connectivity index is 1.31. The average molecular weight is 424 g/mol. The maximum Gasteiger partial charge on any atom is 0.255 e. The second-order valence-electron chi connectivity index (χ2n) is 6.88. The molecule has 0 spiro atoms. The highest BCUT2D eigenvalue weighted by atomic mass is 32.2. The summed E-state index contributed by atoms with van der Waals surface area (Å²) in [5.41, 5.74) is 1.94. The molecule has 4 aromatic carbocycles. The van der Waals surface area contributed by atoms with Crippen molar-refractivity contribution < 1.29 is 4.79 Å². The van der Waals surface area contributed by atoms with Crippen LogP contribution in [0.3, 0.4) is 0 Å². The summed E-state index contributed by atoms with van der Waals surface area (Å²) < 4.78 is 0. The zero-order chi connectivity index (χ0) is 21.0. The monoisotopic (exact) mass is 423 g/mol. The fourth-order valence-corrected chi connectivity index (χ4v) is 4.17.